The van der Waals surface area contributed by atoms with Gasteiger partial charge in [-0.1, -0.05) is 18.2 Å². The number of hydrogen-bond acceptors (Lipinski definition) is 4. The van der Waals surface area contributed by atoms with E-state index in [-0.39, 0.29) is 6.61 Å². The molecule has 2 N–H and O–H groups in total. The number of hydrogen-bond donors (Lipinski definition) is 1. The lowest BCUT2D eigenvalue weighted by molar-refractivity contribution is 0.309. The molecule has 0 aliphatic carbocycles. The molecule has 0 aliphatic rings. The van der Waals surface area contributed by atoms with Crippen LogP contribution < -0.4 is 10.0 Å². The van der Waals surface area contributed by atoms with E-state index in [1.807, 2.05) is 37.2 Å². The Hall–Kier alpha value is -1.11. The highest BCUT2D eigenvalue weighted by Gasteiger charge is 2.07. The fourth-order valence-electron chi connectivity index (χ4n) is 1.21. The molecule has 0 unspecified atom stereocenters. The topological polar surface area (TPSA) is 72.6 Å². The average Bonchev–Trinajstić information content (AvgIpc) is 2.14. The van der Waals surface area contributed by atoms with Gasteiger partial charge in [0.05, 0.1) is 6.61 Å². The van der Waals surface area contributed by atoms with Crippen LogP contribution in [-0.4, -0.2) is 22.5 Å². The minimum absolute atomic E-state index is 0.0484. The summed E-state index contributed by atoms with van der Waals surface area (Å²) in [4.78, 5) is 1.88. The maximum Gasteiger partial charge on any atom is 0.333 e. The van der Waals surface area contributed by atoms with Crippen molar-refractivity contribution in [3.05, 3.63) is 29.8 Å². The van der Waals surface area contributed by atoms with E-state index in [4.69, 9.17) is 5.14 Å². The standard InChI is InChI=1S/C9H14N2O3S/c1-11(2)9-6-4-3-5-8(9)7-14-15(10,12)13/h3-6H,7H2,1-2H3,(H2,10,12,13). The third kappa shape index (κ3) is 3.86. The number of benzene rings is 1. The Labute approximate surface area is 89.7 Å². The number of nitrogens with two attached hydrogens (primary N) is 1. The lowest BCUT2D eigenvalue weighted by Gasteiger charge is -2.16. The fourth-order valence-corrected chi connectivity index (χ4v) is 1.51. The molecule has 6 heteroatoms. The molecule has 5 nitrogen and oxygen atoms in total. The maximum absolute atomic E-state index is 10.6. The van der Waals surface area contributed by atoms with Crippen LogP contribution in [0.5, 0.6) is 0 Å². The average molecular weight is 230 g/mol. The predicted octanol–water partition coefficient (Wildman–Crippen LogP) is 0.473. The van der Waals surface area contributed by atoms with E-state index >= 15 is 0 Å². The zero-order valence-corrected chi connectivity index (χ0v) is 9.49. The Morgan fingerprint density at radius 2 is 1.93 bits per heavy atom. The molecule has 0 aromatic heterocycles. The van der Waals surface area contributed by atoms with Crippen LogP contribution in [0.1, 0.15) is 5.56 Å². The monoisotopic (exact) mass is 230 g/mol. The summed E-state index contributed by atoms with van der Waals surface area (Å²) in [5.74, 6) is 0. The van der Waals surface area contributed by atoms with Crippen molar-refractivity contribution in [2.24, 2.45) is 5.14 Å². The highest BCUT2D eigenvalue weighted by molar-refractivity contribution is 7.84. The predicted molar refractivity (Wildman–Crippen MR) is 58.7 cm³/mol. The van der Waals surface area contributed by atoms with Gasteiger partial charge >= 0.3 is 10.3 Å². The third-order valence-corrected chi connectivity index (χ3v) is 2.30. The summed E-state index contributed by atoms with van der Waals surface area (Å²) in [6.45, 7) is -0.0484. The maximum atomic E-state index is 10.6. The molecule has 0 bridgehead atoms. The van der Waals surface area contributed by atoms with Gasteiger partial charge in [-0.3, -0.25) is 4.18 Å². The third-order valence-electron chi connectivity index (χ3n) is 1.85. The molecule has 1 rings (SSSR count). The first-order valence-corrected chi connectivity index (χ1v) is 5.79. The summed E-state index contributed by atoms with van der Waals surface area (Å²) in [5.41, 5.74) is 1.68. The first-order valence-electron chi connectivity index (χ1n) is 4.32. The van der Waals surface area contributed by atoms with Gasteiger partial charge in [0.15, 0.2) is 0 Å². The molecule has 84 valence electrons. The number of rotatable bonds is 4. The highest BCUT2D eigenvalue weighted by atomic mass is 32.2. The van der Waals surface area contributed by atoms with Crippen molar-refractivity contribution in [1.29, 1.82) is 0 Å². The van der Waals surface area contributed by atoms with Gasteiger partial charge < -0.3 is 4.90 Å². The summed E-state index contributed by atoms with van der Waals surface area (Å²) in [7, 11) is -0.142. The molecule has 0 amide bonds. The van der Waals surface area contributed by atoms with Gasteiger partial charge in [-0.15, -0.1) is 0 Å². The lowest BCUT2D eigenvalue weighted by Crippen LogP contribution is -2.17. The van der Waals surface area contributed by atoms with Gasteiger partial charge in [0, 0.05) is 25.3 Å². The van der Waals surface area contributed by atoms with Gasteiger partial charge in [-0.05, 0) is 6.07 Å². The second kappa shape index (κ2) is 4.61. The molecular weight excluding hydrogens is 216 g/mol. The fraction of sp³-hybridized carbons (Fsp3) is 0.333. The zero-order chi connectivity index (χ0) is 11.5. The van der Waals surface area contributed by atoms with Crippen molar-refractivity contribution in [2.45, 2.75) is 6.61 Å². The second-order valence-electron chi connectivity index (χ2n) is 3.28. The van der Waals surface area contributed by atoms with Gasteiger partial charge in [0.1, 0.15) is 0 Å². The quantitative estimate of drug-likeness (QED) is 0.816. The Bertz CT molecular complexity index is 429. The van der Waals surface area contributed by atoms with Crippen LogP contribution in [0.15, 0.2) is 24.3 Å². The van der Waals surface area contributed by atoms with Crippen LogP contribution in [0.2, 0.25) is 0 Å². The summed E-state index contributed by atoms with van der Waals surface area (Å²) in [6.07, 6.45) is 0. The van der Waals surface area contributed by atoms with Gasteiger partial charge in [0.25, 0.3) is 0 Å². The zero-order valence-electron chi connectivity index (χ0n) is 8.67. The summed E-state index contributed by atoms with van der Waals surface area (Å²) >= 11 is 0. The first-order chi connectivity index (χ1) is 6.90. The Morgan fingerprint density at radius 3 is 2.47 bits per heavy atom. The smallest absolute Gasteiger partial charge is 0.333 e. The van der Waals surface area contributed by atoms with Crippen molar-refractivity contribution in [3.63, 3.8) is 0 Å². The van der Waals surface area contributed by atoms with Crippen LogP contribution in [0.4, 0.5) is 5.69 Å². The minimum atomic E-state index is -3.88. The van der Waals surface area contributed by atoms with Gasteiger partial charge in [-0.25, -0.2) is 5.14 Å². The van der Waals surface area contributed by atoms with E-state index in [0.717, 1.165) is 11.3 Å². The molecule has 0 saturated carbocycles. The molecule has 0 saturated heterocycles. The van der Waals surface area contributed by atoms with E-state index in [1.165, 1.54) is 0 Å². The molecular formula is C9H14N2O3S. The molecule has 15 heavy (non-hydrogen) atoms. The Morgan fingerprint density at radius 1 is 1.33 bits per heavy atom. The van der Waals surface area contributed by atoms with E-state index in [1.54, 1.807) is 6.07 Å². The van der Waals surface area contributed by atoms with E-state index in [0.29, 0.717) is 0 Å². The van der Waals surface area contributed by atoms with E-state index < -0.39 is 10.3 Å². The van der Waals surface area contributed by atoms with Crippen molar-refractivity contribution < 1.29 is 12.6 Å². The van der Waals surface area contributed by atoms with Crippen molar-refractivity contribution in [2.75, 3.05) is 19.0 Å². The Kier molecular flexibility index (Phi) is 3.67. The van der Waals surface area contributed by atoms with Crippen LogP contribution >= 0.6 is 0 Å². The van der Waals surface area contributed by atoms with Crippen LogP contribution in [0.3, 0.4) is 0 Å². The normalized spacial score (nSPS) is 11.4. The molecule has 0 fully saturated rings. The van der Waals surface area contributed by atoms with Gasteiger partial charge in [-0.2, -0.15) is 8.42 Å². The molecule has 0 aliphatic heterocycles. The molecule has 0 spiro atoms. The van der Waals surface area contributed by atoms with E-state index in [9.17, 15) is 8.42 Å². The summed E-state index contributed by atoms with van der Waals surface area (Å²) in [6, 6.07) is 7.35. The summed E-state index contributed by atoms with van der Waals surface area (Å²) in [5, 5.41) is 4.75. The first kappa shape index (κ1) is 12.0. The van der Waals surface area contributed by atoms with Crippen LogP contribution in [0.25, 0.3) is 0 Å². The second-order valence-corrected chi connectivity index (χ2v) is 4.50. The minimum Gasteiger partial charge on any atom is -0.377 e. The number of para-hydroxylation sites is 1. The summed E-state index contributed by atoms with van der Waals surface area (Å²) < 4.78 is 25.8. The number of nitrogens with zero attached hydrogens (tertiary/aromatic N) is 1. The molecule has 1 aromatic rings. The SMILES string of the molecule is CN(C)c1ccccc1COS(N)(=O)=O. The van der Waals surface area contributed by atoms with Crippen molar-refractivity contribution >= 4 is 16.0 Å². The molecule has 0 radical (unpaired) electrons. The number of anilines is 1. The Balaban J connectivity index is 2.85. The largest absolute Gasteiger partial charge is 0.377 e. The van der Waals surface area contributed by atoms with Gasteiger partial charge in [0.2, 0.25) is 0 Å². The van der Waals surface area contributed by atoms with Crippen LogP contribution in [-0.2, 0) is 21.1 Å². The van der Waals surface area contributed by atoms with Crippen molar-refractivity contribution in [3.8, 4) is 0 Å². The highest BCUT2D eigenvalue weighted by Crippen LogP contribution is 2.18. The molecule has 0 heterocycles. The molecule has 0 atom stereocenters. The van der Waals surface area contributed by atoms with Crippen LogP contribution in [0, 0.1) is 0 Å². The van der Waals surface area contributed by atoms with Crippen molar-refractivity contribution in [1.82, 2.24) is 0 Å². The molecule has 1 aromatic carbocycles. The van der Waals surface area contributed by atoms with E-state index in [2.05, 4.69) is 4.18 Å². The lowest BCUT2D eigenvalue weighted by atomic mass is 10.2.